The minimum atomic E-state index is 0.199. The summed E-state index contributed by atoms with van der Waals surface area (Å²) in [6.07, 6.45) is 6.46. The molecule has 1 aromatic heterocycles. The Kier molecular flexibility index (Phi) is 2.60. The van der Waals surface area contributed by atoms with Gasteiger partial charge in [0.15, 0.2) is 0 Å². The maximum absolute atomic E-state index is 8.62. The van der Waals surface area contributed by atoms with E-state index in [1.165, 1.54) is 0 Å². The van der Waals surface area contributed by atoms with E-state index >= 15 is 0 Å². The predicted molar refractivity (Wildman–Crippen MR) is 56.8 cm³/mol. The molecule has 0 amide bonds. The van der Waals surface area contributed by atoms with E-state index in [4.69, 9.17) is 5.11 Å². The van der Waals surface area contributed by atoms with Crippen molar-refractivity contribution in [2.75, 3.05) is 6.61 Å². The molecular weight excluding hydrogens is 176 g/mol. The Hall–Kier alpha value is -1.61. The molecule has 0 unspecified atom stereocenters. The zero-order valence-electron chi connectivity index (χ0n) is 7.77. The van der Waals surface area contributed by atoms with Gasteiger partial charge in [0.05, 0.1) is 11.7 Å². The number of nitrogens with one attached hydrogen (secondary N) is 1. The number of aromatic nitrogens is 2. The highest BCUT2D eigenvalue weighted by Gasteiger charge is 1.94. The van der Waals surface area contributed by atoms with Crippen LogP contribution in [0, 0.1) is 0 Å². The molecular formula is C11H12N2O. The van der Waals surface area contributed by atoms with Gasteiger partial charge in [0, 0.05) is 12.0 Å². The van der Waals surface area contributed by atoms with Gasteiger partial charge in [-0.2, -0.15) is 5.10 Å². The summed E-state index contributed by atoms with van der Waals surface area (Å²) in [7, 11) is 0. The lowest BCUT2D eigenvalue weighted by Gasteiger charge is -1.93. The van der Waals surface area contributed by atoms with Crippen LogP contribution in [0.3, 0.4) is 0 Å². The Morgan fingerprint density at radius 2 is 2.36 bits per heavy atom. The first-order chi connectivity index (χ1) is 6.90. The Bertz CT molecular complexity index is 445. The second-order valence-corrected chi connectivity index (χ2v) is 3.13. The summed E-state index contributed by atoms with van der Waals surface area (Å²) in [5.74, 6) is 0. The van der Waals surface area contributed by atoms with Crippen LogP contribution in [0.2, 0.25) is 0 Å². The zero-order chi connectivity index (χ0) is 9.80. The minimum absolute atomic E-state index is 0.199. The van der Waals surface area contributed by atoms with Gasteiger partial charge in [-0.3, -0.25) is 5.10 Å². The number of aliphatic hydroxyl groups is 1. The molecule has 2 aromatic rings. The summed E-state index contributed by atoms with van der Waals surface area (Å²) in [6.45, 7) is 0.199. The first-order valence-corrected chi connectivity index (χ1v) is 4.60. The van der Waals surface area contributed by atoms with Crippen LogP contribution in [-0.4, -0.2) is 21.9 Å². The number of fused-ring (bicyclic) bond motifs is 1. The summed E-state index contributed by atoms with van der Waals surface area (Å²) in [5.41, 5.74) is 2.18. The van der Waals surface area contributed by atoms with Gasteiger partial charge in [0.1, 0.15) is 0 Å². The van der Waals surface area contributed by atoms with Gasteiger partial charge < -0.3 is 5.11 Å². The van der Waals surface area contributed by atoms with Crippen molar-refractivity contribution in [2.24, 2.45) is 0 Å². The van der Waals surface area contributed by atoms with Crippen LogP contribution in [0.15, 0.2) is 30.5 Å². The average molecular weight is 188 g/mol. The molecule has 1 aromatic carbocycles. The van der Waals surface area contributed by atoms with Crippen LogP contribution in [-0.2, 0) is 0 Å². The minimum Gasteiger partial charge on any atom is -0.396 e. The van der Waals surface area contributed by atoms with Crippen molar-refractivity contribution in [1.29, 1.82) is 0 Å². The van der Waals surface area contributed by atoms with Gasteiger partial charge in [0.25, 0.3) is 0 Å². The normalized spacial score (nSPS) is 11.5. The lowest BCUT2D eigenvalue weighted by atomic mass is 10.1. The fourth-order valence-corrected chi connectivity index (χ4v) is 1.36. The quantitative estimate of drug-likeness (QED) is 0.773. The lowest BCUT2D eigenvalue weighted by molar-refractivity contribution is 0.303. The molecule has 0 aliphatic rings. The third kappa shape index (κ3) is 1.83. The van der Waals surface area contributed by atoms with Crippen molar-refractivity contribution < 1.29 is 5.11 Å². The first-order valence-electron chi connectivity index (χ1n) is 4.60. The molecule has 3 nitrogen and oxygen atoms in total. The third-order valence-electron chi connectivity index (χ3n) is 2.07. The van der Waals surface area contributed by atoms with Crippen molar-refractivity contribution in [3.8, 4) is 0 Å². The van der Waals surface area contributed by atoms with Gasteiger partial charge in [-0.15, -0.1) is 0 Å². The van der Waals surface area contributed by atoms with E-state index in [1.807, 2.05) is 24.3 Å². The summed E-state index contributed by atoms with van der Waals surface area (Å²) < 4.78 is 0. The Labute approximate surface area is 82.1 Å². The number of H-pyrrole nitrogens is 1. The highest BCUT2D eigenvalue weighted by atomic mass is 16.2. The van der Waals surface area contributed by atoms with E-state index < -0.39 is 0 Å². The maximum atomic E-state index is 8.62. The number of hydrogen-bond acceptors (Lipinski definition) is 2. The monoisotopic (exact) mass is 188 g/mol. The molecule has 0 saturated carbocycles. The number of aromatic amines is 1. The summed E-state index contributed by atoms with van der Waals surface area (Å²) in [6, 6.07) is 6.09. The summed E-state index contributed by atoms with van der Waals surface area (Å²) >= 11 is 0. The Morgan fingerprint density at radius 3 is 3.21 bits per heavy atom. The number of rotatable bonds is 3. The van der Waals surface area contributed by atoms with E-state index in [1.54, 1.807) is 6.20 Å². The van der Waals surface area contributed by atoms with E-state index in [9.17, 15) is 0 Å². The second-order valence-electron chi connectivity index (χ2n) is 3.13. The van der Waals surface area contributed by atoms with Crippen LogP contribution in [0.4, 0.5) is 0 Å². The van der Waals surface area contributed by atoms with Gasteiger partial charge in [0.2, 0.25) is 0 Å². The number of nitrogens with zero attached hydrogens (tertiary/aromatic N) is 1. The largest absolute Gasteiger partial charge is 0.396 e. The molecule has 2 N–H and O–H groups in total. The van der Waals surface area contributed by atoms with E-state index in [0.717, 1.165) is 16.5 Å². The van der Waals surface area contributed by atoms with Gasteiger partial charge in [-0.25, -0.2) is 0 Å². The Morgan fingerprint density at radius 1 is 1.43 bits per heavy atom. The molecule has 0 radical (unpaired) electrons. The standard InChI is InChI=1S/C11H12N2O/c14-6-2-1-3-9-4-5-11-10(7-9)8-12-13-11/h1,3-5,7-8,14H,2,6H2,(H,12,13). The molecule has 0 aliphatic carbocycles. The predicted octanol–water partition coefficient (Wildman–Crippen LogP) is 1.96. The van der Waals surface area contributed by atoms with Crippen molar-refractivity contribution >= 4 is 17.0 Å². The molecule has 0 bridgehead atoms. The third-order valence-corrected chi connectivity index (χ3v) is 2.07. The maximum Gasteiger partial charge on any atom is 0.0650 e. The molecule has 72 valence electrons. The summed E-state index contributed by atoms with van der Waals surface area (Å²) in [5, 5.41) is 16.6. The zero-order valence-corrected chi connectivity index (χ0v) is 7.77. The number of aliphatic hydroxyl groups excluding tert-OH is 1. The van der Waals surface area contributed by atoms with Crippen molar-refractivity contribution in [1.82, 2.24) is 10.2 Å². The lowest BCUT2D eigenvalue weighted by Crippen LogP contribution is -1.76. The van der Waals surface area contributed by atoms with Crippen LogP contribution in [0.1, 0.15) is 12.0 Å². The molecule has 2 rings (SSSR count). The molecule has 0 spiro atoms. The topological polar surface area (TPSA) is 48.9 Å². The highest BCUT2D eigenvalue weighted by molar-refractivity contribution is 5.80. The molecule has 0 atom stereocenters. The smallest absolute Gasteiger partial charge is 0.0650 e. The average Bonchev–Trinajstić information content (AvgIpc) is 2.65. The molecule has 3 heteroatoms. The van der Waals surface area contributed by atoms with E-state index in [2.05, 4.69) is 16.3 Å². The molecule has 14 heavy (non-hydrogen) atoms. The first kappa shape index (κ1) is 8.97. The Balaban J connectivity index is 2.25. The second kappa shape index (κ2) is 4.07. The van der Waals surface area contributed by atoms with Gasteiger partial charge in [-0.05, 0) is 24.1 Å². The van der Waals surface area contributed by atoms with E-state index in [0.29, 0.717) is 6.42 Å². The van der Waals surface area contributed by atoms with Crippen molar-refractivity contribution in [2.45, 2.75) is 6.42 Å². The van der Waals surface area contributed by atoms with Gasteiger partial charge in [-0.1, -0.05) is 18.2 Å². The molecule has 0 fully saturated rings. The van der Waals surface area contributed by atoms with Crippen molar-refractivity contribution in [3.63, 3.8) is 0 Å². The SMILES string of the molecule is OCCC=Cc1ccc2[nH]ncc2c1. The van der Waals surface area contributed by atoms with Crippen LogP contribution in [0.25, 0.3) is 17.0 Å². The highest BCUT2D eigenvalue weighted by Crippen LogP contribution is 2.13. The fourth-order valence-electron chi connectivity index (χ4n) is 1.36. The van der Waals surface area contributed by atoms with Crippen molar-refractivity contribution in [3.05, 3.63) is 36.0 Å². The summed E-state index contributed by atoms with van der Waals surface area (Å²) in [4.78, 5) is 0. The van der Waals surface area contributed by atoms with E-state index in [-0.39, 0.29) is 6.61 Å². The fraction of sp³-hybridized carbons (Fsp3) is 0.182. The molecule has 0 aliphatic heterocycles. The van der Waals surface area contributed by atoms with Crippen LogP contribution < -0.4 is 0 Å². The van der Waals surface area contributed by atoms with Crippen LogP contribution in [0.5, 0.6) is 0 Å². The van der Waals surface area contributed by atoms with Gasteiger partial charge >= 0.3 is 0 Å². The number of hydrogen-bond donors (Lipinski definition) is 2. The molecule has 0 saturated heterocycles. The molecule has 1 heterocycles. The van der Waals surface area contributed by atoms with Crippen LogP contribution >= 0.6 is 0 Å². The number of benzene rings is 1.